The lowest BCUT2D eigenvalue weighted by molar-refractivity contribution is 0.0302. The minimum absolute atomic E-state index is 0.174. The van der Waals surface area contributed by atoms with Crippen molar-refractivity contribution in [3.63, 3.8) is 0 Å². The van der Waals surface area contributed by atoms with Gasteiger partial charge >= 0.3 is 0 Å². The van der Waals surface area contributed by atoms with Crippen molar-refractivity contribution in [1.29, 1.82) is 0 Å². The quantitative estimate of drug-likeness (QED) is 0.859. The molecule has 2 atom stereocenters. The van der Waals surface area contributed by atoms with Gasteiger partial charge in [0.25, 0.3) is 0 Å². The van der Waals surface area contributed by atoms with Gasteiger partial charge in [0, 0.05) is 24.6 Å². The van der Waals surface area contributed by atoms with E-state index in [2.05, 4.69) is 11.4 Å². The molecule has 0 aliphatic carbocycles. The van der Waals surface area contributed by atoms with Gasteiger partial charge in [-0.3, -0.25) is 0 Å². The highest BCUT2D eigenvalue weighted by Crippen LogP contribution is 2.38. The molecule has 2 aromatic carbocycles. The van der Waals surface area contributed by atoms with E-state index < -0.39 is 0 Å². The number of benzene rings is 2. The second kappa shape index (κ2) is 4.69. The van der Waals surface area contributed by atoms with E-state index in [0.29, 0.717) is 18.1 Å². The maximum Gasteiger partial charge on any atom is 0.131 e. The number of halogens is 1. The predicted molar refractivity (Wildman–Crippen MR) is 76.0 cm³/mol. The van der Waals surface area contributed by atoms with Crippen LogP contribution >= 0.6 is 0 Å². The first kappa shape index (κ1) is 12.1. The molecule has 3 heteroatoms. The van der Waals surface area contributed by atoms with E-state index in [1.807, 2.05) is 24.3 Å². The van der Waals surface area contributed by atoms with E-state index in [9.17, 15) is 4.39 Å². The molecule has 0 amide bonds. The fourth-order valence-corrected chi connectivity index (χ4v) is 3.38. The molecule has 2 aliphatic heterocycles. The van der Waals surface area contributed by atoms with Gasteiger partial charge in [-0.25, -0.2) is 4.39 Å². The Labute approximate surface area is 117 Å². The van der Waals surface area contributed by atoms with E-state index in [0.717, 1.165) is 24.2 Å². The van der Waals surface area contributed by atoms with Gasteiger partial charge in [0.15, 0.2) is 0 Å². The third kappa shape index (κ3) is 1.78. The van der Waals surface area contributed by atoms with E-state index in [1.54, 1.807) is 6.07 Å². The van der Waals surface area contributed by atoms with Gasteiger partial charge in [-0.1, -0.05) is 36.4 Å². The summed E-state index contributed by atoms with van der Waals surface area (Å²) in [4.78, 5) is 0. The number of fused-ring (bicyclic) bond motifs is 3. The topological polar surface area (TPSA) is 21.3 Å². The number of hydrogen-bond acceptors (Lipinski definition) is 2. The summed E-state index contributed by atoms with van der Waals surface area (Å²) >= 11 is 0. The van der Waals surface area contributed by atoms with Crippen LogP contribution in [0.15, 0.2) is 42.5 Å². The monoisotopic (exact) mass is 269 g/mol. The van der Waals surface area contributed by atoms with Gasteiger partial charge in [0.05, 0.1) is 12.7 Å². The highest BCUT2D eigenvalue weighted by molar-refractivity contribution is 5.70. The maximum atomic E-state index is 14.1. The largest absolute Gasteiger partial charge is 0.371 e. The molecule has 0 spiro atoms. The summed E-state index contributed by atoms with van der Waals surface area (Å²) in [7, 11) is 0. The molecule has 2 nitrogen and oxygen atoms in total. The Morgan fingerprint density at radius 2 is 1.85 bits per heavy atom. The van der Waals surface area contributed by atoms with Crippen molar-refractivity contribution in [1.82, 2.24) is 5.32 Å². The average Bonchev–Trinajstić information content (AvgIpc) is 2.96. The molecule has 2 heterocycles. The number of nitrogens with one attached hydrogen (secondary N) is 1. The van der Waals surface area contributed by atoms with Crippen LogP contribution in [0.2, 0.25) is 0 Å². The Kier molecular flexibility index (Phi) is 2.83. The third-order valence-electron chi connectivity index (χ3n) is 4.38. The van der Waals surface area contributed by atoms with Crippen LogP contribution in [0.3, 0.4) is 0 Å². The first-order valence-corrected chi connectivity index (χ1v) is 7.03. The number of rotatable bonds is 1. The zero-order chi connectivity index (χ0) is 13.5. The molecular weight excluding hydrogens is 253 g/mol. The van der Waals surface area contributed by atoms with Crippen molar-refractivity contribution in [3.05, 3.63) is 59.4 Å². The summed E-state index contributed by atoms with van der Waals surface area (Å²) in [5.74, 6) is 0.220. The zero-order valence-electron chi connectivity index (χ0n) is 11.1. The van der Waals surface area contributed by atoms with Crippen molar-refractivity contribution in [2.24, 2.45) is 0 Å². The summed E-state index contributed by atoms with van der Waals surface area (Å²) < 4.78 is 20.0. The van der Waals surface area contributed by atoms with E-state index >= 15 is 0 Å². The lowest BCUT2D eigenvalue weighted by Crippen LogP contribution is -2.27. The minimum atomic E-state index is -0.174. The second-order valence-electron chi connectivity index (χ2n) is 5.47. The molecule has 0 aromatic heterocycles. The van der Waals surface area contributed by atoms with Crippen molar-refractivity contribution in [2.45, 2.75) is 18.6 Å². The standard InChI is InChI=1S/C17H16FNO/c18-16-7-2-1-4-13(16)11-5-3-6-12-14-8-19-9-17(14)20-10-15(11)12/h1-7,14,17,19H,8-10H2. The zero-order valence-corrected chi connectivity index (χ0v) is 11.1. The van der Waals surface area contributed by atoms with Gasteiger partial charge in [0.2, 0.25) is 0 Å². The summed E-state index contributed by atoms with van der Waals surface area (Å²) in [6.07, 6.45) is 0.262. The van der Waals surface area contributed by atoms with Crippen LogP contribution in [-0.4, -0.2) is 19.2 Å². The van der Waals surface area contributed by atoms with Gasteiger partial charge in [-0.15, -0.1) is 0 Å². The summed E-state index contributed by atoms with van der Waals surface area (Å²) in [6, 6.07) is 13.1. The van der Waals surface area contributed by atoms with Crippen LogP contribution in [0.25, 0.3) is 11.1 Å². The normalized spacial score (nSPS) is 24.2. The van der Waals surface area contributed by atoms with Gasteiger partial charge in [0.1, 0.15) is 5.82 Å². The maximum absolute atomic E-state index is 14.1. The molecule has 2 aliphatic rings. The fourth-order valence-electron chi connectivity index (χ4n) is 3.38. The van der Waals surface area contributed by atoms with Crippen LogP contribution in [-0.2, 0) is 11.3 Å². The molecule has 1 fully saturated rings. The number of ether oxygens (including phenoxy) is 1. The molecule has 1 saturated heterocycles. The minimum Gasteiger partial charge on any atom is -0.371 e. The van der Waals surface area contributed by atoms with Crippen molar-refractivity contribution in [3.8, 4) is 11.1 Å². The van der Waals surface area contributed by atoms with Gasteiger partial charge in [-0.05, 0) is 22.8 Å². The first-order valence-electron chi connectivity index (χ1n) is 7.03. The van der Waals surface area contributed by atoms with Crippen molar-refractivity contribution < 1.29 is 9.13 Å². The van der Waals surface area contributed by atoms with E-state index in [4.69, 9.17) is 4.74 Å². The van der Waals surface area contributed by atoms with Crippen molar-refractivity contribution in [2.75, 3.05) is 13.1 Å². The van der Waals surface area contributed by atoms with E-state index in [1.165, 1.54) is 11.6 Å². The highest BCUT2D eigenvalue weighted by atomic mass is 19.1. The summed E-state index contributed by atoms with van der Waals surface area (Å²) in [5, 5.41) is 3.38. The molecule has 0 radical (unpaired) electrons. The first-order chi connectivity index (χ1) is 9.84. The van der Waals surface area contributed by atoms with Crippen LogP contribution < -0.4 is 5.32 Å². The molecule has 2 unspecified atom stereocenters. The van der Waals surface area contributed by atoms with Crippen LogP contribution in [0.4, 0.5) is 4.39 Å². The lowest BCUT2D eigenvalue weighted by Gasteiger charge is -2.29. The Bertz CT molecular complexity index is 655. The Balaban J connectivity index is 1.87. The van der Waals surface area contributed by atoms with Crippen LogP contribution in [0.5, 0.6) is 0 Å². The second-order valence-corrected chi connectivity index (χ2v) is 5.47. The molecule has 0 saturated carbocycles. The van der Waals surface area contributed by atoms with Crippen molar-refractivity contribution >= 4 is 0 Å². The van der Waals surface area contributed by atoms with Crippen LogP contribution in [0.1, 0.15) is 17.0 Å². The van der Waals surface area contributed by atoms with Gasteiger partial charge < -0.3 is 10.1 Å². The molecule has 0 bridgehead atoms. The smallest absolute Gasteiger partial charge is 0.131 e. The predicted octanol–water partition coefficient (Wildman–Crippen LogP) is 3.08. The summed E-state index contributed by atoms with van der Waals surface area (Å²) in [5.41, 5.74) is 4.08. The summed E-state index contributed by atoms with van der Waals surface area (Å²) in [6.45, 7) is 2.43. The Hall–Kier alpha value is -1.71. The molecule has 4 rings (SSSR count). The number of hydrogen-bond donors (Lipinski definition) is 1. The third-order valence-corrected chi connectivity index (χ3v) is 4.38. The van der Waals surface area contributed by atoms with Gasteiger partial charge in [-0.2, -0.15) is 0 Å². The SMILES string of the molecule is Fc1ccccc1-c1cccc2c1COC1CNCC21. The Morgan fingerprint density at radius 1 is 1.00 bits per heavy atom. The molecule has 2 aromatic rings. The lowest BCUT2D eigenvalue weighted by atomic mass is 9.85. The molecule has 20 heavy (non-hydrogen) atoms. The van der Waals surface area contributed by atoms with E-state index in [-0.39, 0.29) is 11.9 Å². The Morgan fingerprint density at radius 3 is 2.75 bits per heavy atom. The molecule has 1 N–H and O–H groups in total. The molecular formula is C17H16FNO. The average molecular weight is 269 g/mol. The highest BCUT2D eigenvalue weighted by Gasteiger charge is 2.35. The molecule has 102 valence electrons. The fraction of sp³-hybridized carbons (Fsp3) is 0.294. The van der Waals surface area contributed by atoms with Crippen LogP contribution in [0, 0.1) is 5.82 Å².